The van der Waals surface area contributed by atoms with E-state index in [1.165, 1.54) is 13.2 Å². The summed E-state index contributed by atoms with van der Waals surface area (Å²) in [6.07, 6.45) is 1.34. The van der Waals surface area contributed by atoms with Crippen molar-refractivity contribution in [2.45, 2.75) is 20.8 Å². The van der Waals surface area contributed by atoms with Gasteiger partial charge in [-0.05, 0) is 31.1 Å². The number of aryl methyl sites for hydroxylation is 1. The molecule has 0 unspecified atom stereocenters. The molecule has 0 bridgehead atoms. The Balaban J connectivity index is 2.95. The quantitative estimate of drug-likeness (QED) is 0.597. The summed E-state index contributed by atoms with van der Waals surface area (Å²) in [7, 11) is 0. The average Bonchev–Trinajstić information content (AvgIpc) is 2.14. The maximum Gasteiger partial charge on any atom is 0.307 e. The molecule has 0 saturated carbocycles. The normalized spacial score (nSPS) is 11.3. The summed E-state index contributed by atoms with van der Waals surface area (Å²) in [4.78, 5) is 10.6. The van der Waals surface area contributed by atoms with Crippen molar-refractivity contribution in [3.63, 3.8) is 0 Å². The Morgan fingerprint density at radius 3 is 2.60 bits per heavy atom. The molecule has 1 aromatic rings. The minimum absolute atomic E-state index is 0.191. The number of phenolic OH excluding ortho intramolecular Hbond substituents is 1. The van der Waals surface area contributed by atoms with Crippen LogP contribution in [-0.4, -0.2) is 11.1 Å². The third kappa shape index (κ3) is 3.13. The van der Waals surface area contributed by atoms with Crippen LogP contribution < -0.4 is 0 Å². The molecule has 0 atom stereocenters. The smallest absolute Gasteiger partial charge is 0.307 e. The molecule has 0 aliphatic carbocycles. The van der Waals surface area contributed by atoms with Gasteiger partial charge in [0.1, 0.15) is 5.75 Å². The van der Waals surface area contributed by atoms with Gasteiger partial charge in [0.15, 0.2) is 0 Å². The molecule has 0 heterocycles. The number of allylic oxidation sites excluding steroid dienone is 1. The van der Waals surface area contributed by atoms with Crippen molar-refractivity contribution in [1.82, 2.24) is 0 Å². The largest absolute Gasteiger partial charge is 0.507 e. The molecule has 0 saturated heterocycles. The van der Waals surface area contributed by atoms with Crippen LogP contribution in [0.5, 0.6) is 5.75 Å². The molecule has 80 valence electrons. The van der Waals surface area contributed by atoms with Crippen molar-refractivity contribution in [2.24, 2.45) is 0 Å². The first-order chi connectivity index (χ1) is 7.00. The van der Waals surface area contributed by atoms with E-state index in [9.17, 15) is 9.90 Å². The lowest BCUT2D eigenvalue weighted by Crippen LogP contribution is -1.91. The van der Waals surface area contributed by atoms with Gasteiger partial charge < -0.3 is 9.84 Å². The van der Waals surface area contributed by atoms with E-state index >= 15 is 0 Å². The molecule has 0 radical (unpaired) electrons. The predicted octanol–water partition coefficient (Wildman–Crippen LogP) is 2.62. The van der Waals surface area contributed by atoms with E-state index in [1.54, 1.807) is 19.1 Å². The summed E-state index contributed by atoms with van der Waals surface area (Å²) in [6.45, 7) is 5.00. The minimum Gasteiger partial charge on any atom is -0.507 e. The fourth-order valence-electron chi connectivity index (χ4n) is 1.21. The Labute approximate surface area is 89.0 Å². The first kappa shape index (κ1) is 11.3. The Morgan fingerprint density at radius 1 is 1.40 bits per heavy atom. The molecule has 0 fully saturated rings. The van der Waals surface area contributed by atoms with Gasteiger partial charge in [-0.25, -0.2) is 0 Å². The maximum atomic E-state index is 10.6. The van der Waals surface area contributed by atoms with Crippen molar-refractivity contribution in [3.8, 4) is 5.75 Å². The van der Waals surface area contributed by atoms with Gasteiger partial charge in [-0.2, -0.15) is 0 Å². The van der Waals surface area contributed by atoms with Gasteiger partial charge >= 0.3 is 5.97 Å². The van der Waals surface area contributed by atoms with Gasteiger partial charge in [0.2, 0.25) is 0 Å². The Morgan fingerprint density at radius 2 is 2.07 bits per heavy atom. The van der Waals surface area contributed by atoms with E-state index in [-0.39, 0.29) is 11.7 Å². The summed E-state index contributed by atoms with van der Waals surface area (Å²) < 4.78 is 4.73. The molecule has 3 heteroatoms. The van der Waals surface area contributed by atoms with Crippen LogP contribution in [0.1, 0.15) is 25.0 Å². The van der Waals surface area contributed by atoms with E-state index < -0.39 is 0 Å². The molecule has 0 aliphatic heterocycles. The van der Waals surface area contributed by atoms with E-state index in [1.807, 2.05) is 13.0 Å². The summed E-state index contributed by atoms with van der Waals surface area (Å²) in [5.74, 6) is -0.183. The van der Waals surface area contributed by atoms with Crippen LogP contribution in [0.4, 0.5) is 0 Å². The highest BCUT2D eigenvalue weighted by molar-refractivity contribution is 5.72. The van der Waals surface area contributed by atoms with Crippen LogP contribution in [0.15, 0.2) is 24.5 Å². The van der Waals surface area contributed by atoms with E-state index in [0.29, 0.717) is 11.1 Å². The molecule has 1 aromatic carbocycles. The minimum atomic E-state index is -0.374. The summed E-state index contributed by atoms with van der Waals surface area (Å²) in [5, 5.41) is 9.65. The molecule has 3 nitrogen and oxygen atoms in total. The lowest BCUT2D eigenvalue weighted by Gasteiger charge is -2.05. The molecular weight excluding hydrogens is 192 g/mol. The van der Waals surface area contributed by atoms with Gasteiger partial charge in [0.05, 0.1) is 6.26 Å². The van der Waals surface area contributed by atoms with Gasteiger partial charge in [0.25, 0.3) is 0 Å². The number of hydrogen-bond donors (Lipinski definition) is 1. The van der Waals surface area contributed by atoms with E-state index in [0.717, 1.165) is 5.56 Å². The van der Waals surface area contributed by atoms with E-state index in [2.05, 4.69) is 0 Å². The first-order valence-corrected chi connectivity index (χ1v) is 4.64. The van der Waals surface area contributed by atoms with Crippen molar-refractivity contribution in [1.29, 1.82) is 0 Å². The van der Waals surface area contributed by atoms with Crippen molar-refractivity contribution < 1.29 is 14.6 Å². The zero-order chi connectivity index (χ0) is 11.4. The van der Waals surface area contributed by atoms with Gasteiger partial charge in [-0.15, -0.1) is 0 Å². The zero-order valence-electron chi connectivity index (χ0n) is 9.07. The number of carbonyl (C=O) groups is 1. The topological polar surface area (TPSA) is 46.5 Å². The number of aromatic hydroxyl groups is 1. The molecular formula is C12H14O3. The SMILES string of the molecule is CC(=O)O/C=C(\C)c1ccc(C)cc1O. The third-order valence-electron chi connectivity index (χ3n) is 1.98. The third-order valence-corrected chi connectivity index (χ3v) is 1.98. The Hall–Kier alpha value is -1.77. The predicted molar refractivity (Wildman–Crippen MR) is 58.3 cm³/mol. The maximum absolute atomic E-state index is 10.6. The average molecular weight is 206 g/mol. The number of ether oxygens (including phenoxy) is 1. The second kappa shape index (κ2) is 4.64. The van der Waals surface area contributed by atoms with Crippen LogP contribution in [0.3, 0.4) is 0 Å². The molecule has 1 N–H and O–H groups in total. The number of benzene rings is 1. The van der Waals surface area contributed by atoms with Crippen LogP contribution in [0.25, 0.3) is 5.57 Å². The number of esters is 1. The highest BCUT2D eigenvalue weighted by atomic mass is 16.5. The van der Waals surface area contributed by atoms with Crippen LogP contribution >= 0.6 is 0 Å². The lowest BCUT2D eigenvalue weighted by atomic mass is 10.1. The molecule has 0 aliphatic rings. The van der Waals surface area contributed by atoms with Crippen molar-refractivity contribution in [3.05, 3.63) is 35.6 Å². The van der Waals surface area contributed by atoms with Gasteiger partial charge in [-0.3, -0.25) is 4.79 Å². The fourth-order valence-corrected chi connectivity index (χ4v) is 1.21. The summed E-state index contributed by atoms with van der Waals surface area (Å²) in [5.41, 5.74) is 2.36. The number of phenols is 1. The standard InChI is InChI=1S/C12H14O3/c1-8-4-5-11(12(14)6-8)9(2)7-15-10(3)13/h4-7,14H,1-3H3/b9-7+. The second-order valence-electron chi connectivity index (χ2n) is 3.43. The molecule has 0 spiro atoms. The monoisotopic (exact) mass is 206 g/mol. The lowest BCUT2D eigenvalue weighted by molar-refractivity contribution is -0.135. The number of hydrogen-bond acceptors (Lipinski definition) is 3. The van der Waals surface area contributed by atoms with Gasteiger partial charge in [0, 0.05) is 12.5 Å². The summed E-state index contributed by atoms with van der Waals surface area (Å²) >= 11 is 0. The molecule has 0 aromatic heterocycles. The van der Waals surface area contributed by atoms with Crippen LogP contribution in [0, 0.1) is 6.92 Å². The van der Waals surface area contributed by atoms with Crippen LogP contribution in [0.2, 0.25) is 0 Å². The molecule has 0 amide bonds. The Bertz CT molecular complexity index is 405. The van der Waals surface area contributed by atoms with Crippen LogP contribution in [-0.2, 0) is 9.53 Å². The van der Waals surface area contributed by atoms with E-state index in [4.69, 9.17) is 4.74 Å². The molecule has 15 heavy (non-hydrogen) atoms. The zero-order valence-corrected chi connectivity index (χ0v) is 9.07. The highest BCUT2D eigenvalue weighted by Gasteiger charge is 2.03. The summed E-state index contributed by atoms with van der Waals surface area (Å²) in [6, 6.07) is 5.35. The van der Waals surface area contributed by atoms with Crippen molar-refractivity contribution in [2.75, 3.05) is 0 Å². The van der Waals surface area contributed by atoms with Gasteiger partial charge in [-0.1, -0.05) is 12.1 Å². The van der Waals surface area contributed by atoms with Crippen molar-refractivity contribution >= 4 is 11.5 Å². The first-order valence-electron chi connectivity index (χ1n) is 4.64. The fraction of sp³-hybridized carbons (Fsp3) is 0.250. The number of carbonyl (C=O) groups excluding carboxylic acids is 1. The second-order valence-corrected chi connectivity index (χ2v) is 3.43. The number of rotatable bonds is 2. The molecule has 1 rings (SSSR count). The Kier molecular flexibility index (Phi) is 3.50. The highest BCUT2D eigenvalue weighted by Crippen LogP contribution is 2.25.